The summed E-state index contributed by atoms with van der Waals surface area (Å²) in [5.41, 5.74) is 7.78. The van der Waals surface area contributed by atoms with Crippen LogP contribution in [0.2, 0.25) is 0 Å². The van der Waals surface area contributed by atoms with E-state index in [2.05, 4.69) is 48.4 Å². The first kappa shape index (κ1) is 12.8. The number of nitrogens with zero attached hydrogens (tertiary/aromatic N) is 1. The van der Waals surface area contributed by atoms with Crippen molar-refractivity contribution in [3.8, 4) is 11.1 Å². The fraction of sp³-hybridized carbons (Fsp3) is 0.400. The molecule has 0 atom stereocenters. The summed E-state index contributed by atoms with van der Waals surface area (Å²) >= 11 is 0. The maximum atomic E-state index is 4.19. The van der Waals surface area contributed by atoms with Crippen LogP contribution in [-0.2, 0) is 6.42 Å². The predicted molar refractivity (Wildman–Crippen MR) is 75.9 cm³/mol. The fourth-order valence-electron chi connectivity index (χ4n) is 2.23. The summed E-state index contributed by atoms with van der Waals surface area (Å²) < 4.78 is 0. The molecule has 0 spiro atoms. The maximum Gasteiger partial charge on any atom is 0.0568 e. The summed E-state index contributed by atoms with van der Waals surface area (Å²) in [6, 6.07) is 4.39. The van der Waals surface area contributed by atoms with Crippen molar-refractivity contribution in [2.75, 3.05) is 13.6 Å². The molecule has 2 aromatic rings. The Kier molecular flexibility index (Phi) is 3.82. The van der Waals surface area contributed by atoms with Gasteiger partial charge < -0.3 is 5.32 Å². The number of H-pyrrole nitrogens is 1. The van der Waals surface area contributed by atoms with Gasteiger partial charge in [0.2, 0.25) is 0 Å². The van der Waals surface area contributed by atoms with Crippen molar-refractivity contribution in [1.29, 1.82) is 0 Å². The van der Waals surface area contributed by atoms with Gasteiger partial charge in [-0.2, -0.15) is 5.10 Å². The maximum absolute atomic E-state index is 4.19. The number of aromatic nitrogens is 2. The van der Waals surface area contributed by atoms with Gasteiger partial charge in [-0.15, -0.1) is 0 Å². The Morgan fingerprint density at radius 3 is 2.61 bits per heavy atom. The highest BCUT2D eigenvalue weighted by Crippen LogP contribution is 2.29. The highest BCUT2D eigenvalue weighted by atomic mass is 15.1. The van der Waals surface area contributed by atoms with Gasteiger partial charge in [0.25, 0.3) is 0 Å². The van der Waals surface area contributed by atoms with Crippen LogP contribution in [0.15, 0.2) is 18.3 Å². The first-order chi connectivity index (χ1) is 8.65. The van der Waals surface area contributed by atoms with Crippen molar-refractivity contribution in [1.82, 2.24) is 15.5 Å². The molecule has 0 aliphatic carbocycles. The molecule has 0 aliphatic heterocycles. The smallest absolute Gasteiger partial charge is 0.0568 e. The Balaban J connectivity index is 2.43. The van der Waals surface area contributed by atoms with Gasteiger partial charge in [-0.05, 0) is 50.1 Å². The minimum Gasteiger partial charge on any atom is -0.319 e. The van der Waals surface area contributed by atoms with Gasteiger partial charge in [-0.25, -0.2) is 0 Å². The second kappa shape index (κ2) is 5.36. The topological polar surface area (TPSA) is 40.7 Å². The van der Waals surface area contributed by atoms with E-state index in [0.29, 0.717) is 0 Å². The van der Waals surface area contributed by atoms with Crippen molar-refractivity contribution in [3.05, 3.63) is 40.7 Å². The molecule has 2 rings (SSSR count). The normalized spacial score (nSPS) is 10.9. The van der Waals surface area contributed by atoms with Crippen molar-refractivity contribution in [3.63, 3.8) is 0 Å². The number of nitrogens with one attached hydrogen (secondary N) is 2. The summed E-state index contributed by atoms with van der Waals surface area (Å²) in [5, 5.41) is 10.5. The Bertz CT molecular complexity index is 541. The summed E-state index contributed by atoms with van der Waals surface area (Å²) in [5.74, 6) is 0. The van der Waals surface area contributed by atoms with Crippen LogP contribution in [0.4, 0.5) is 0 Å². The SMILES string of the molecule is CNCCc1[nH]ncc1-c1ccc(C)c(C)c1C. The van der Waals surface area contributed by atoms with E-state index in [1.54, 1.807) is 0 Å². The molecule has 1 aromatic heterocycles. The Labute approximate surface area is 109 Å². The standard InChI is InChI=1S/C15H21N3/c1-10-5-6-13(12(3)11(10)2)14-9-17-18-15(14)7-8-16-4/h5-6,9,16H,7-8H2,1-4H3,(H,17,18). The van der Waals surface area contributed by atoms with Crippen LogP contribution in [0.25, 0.3) is 11.1 Å². The molecule has 2 N–H and O–H groups in total. The summed E-state index contributed by atoms with van der Waals surface area (Å²) in [4.78, 5) is 0. The molecule has 0 fully saturated rings. The molecule has 0 amide bonds. The van der Waals surface area contributed by atoms with E-state index in [0.717, 1.165) is 13.0 Å². The predicted octanol–water partition coefficient (Wildman–Crippen LogP) is 2.76. The highest BCUT2D eigenvalue weighted by Gasteiger charge is 2.11. The van der Waals surface area contributed by atoms with Gasteiger partial charge in [0.1, 0.15) is 0 Å². The molecule has 0 radical (unpaired) electrons. The molecular formula is C15H21N3. The van der Waals surface area contributed by atoms with Crippen LogP contribution in [0.1, 0.15) is 22.4 Å². The number of benzene rings is 1. The van der Waals surface area contributed by atoms with E-state index < -0.39 is 0 Å². The minimum atomic E-state index is 0.957. The third-order valence-electron chi connectivity index (χ3n) is 3.69. The zero-order chi connectivity index (χ0) is 13.1. The monoisotopic (exact) mass is 243 g/mol. The first-order valence-corrected chi connectivity index (χ1v) is 6.39. The van der Waals surface area contributed by atoms with E-state index in [1.165, 1.54) is 33.5 Å². The zero-order valence-electron chi connectivity index (χ0n) is 11.6. The molecule has 1 heterocycles. The number of hydrogen-bond acceptors (Lipinski definition) is 2. The van der Waals surface area contributed by atoms with Gasteiger partial charge in [-0.3, -0.25) is 5.10 Å². The van der Waals surface area contributed by atoms with Crippen molar-refractivity contribution >= 4 is 0 Å². The largest absolute Gasteiger partial charge is 0.319 e. The lowest BCUT2D eigenvalue weighted by atomic mass is 9.94. The van der Waals surface area contributed by atoms with Gasteiger partial charge in [-0.1, -0.05) is 12.1 Å². The van der Waals surface area contributed by atoms with E-state index in [1.807, 2.05) is 13.2 Å². The lowest BCUT2D eigenvalue weighted by Gasteiger charge is -2.11. The van der Waals surface area contributed by atoms with Crippen LogP contribution in [0.5, 0.6) is 0 Å². The van der Waals surface area contributed by atoms with Crippen LogP contribution >= 0.6 is 0 Å². The third-order valence-corrected chi connectivity index (χ3v) is 3.69. The Morgan fingerprint density at radius 2 is 1.89 bits per heavy atom. The van der Waals surface area contributed by atoms with Crippen molar-refractivity contribution in [2.45, 2.75) is 27.2 Å². The van der Waals surface area contributed by atoms with E-state index in [4.69, 9.17) is 0 Å². The summed E-state index contributed by atoms with van der Waals surface area (Å²) in [7, 11) is 1.97. The van der Waals surface area contributed by atoms with Crippen molar-refractivity contribution in [2.24, 2.45) is 0 Å². The molecule has 0 unspecified atom stereocenters. The van der Waals surface area contributed by atoms with Crippen LogP contribution in [0, 0.1) is 20.8 Å². The molecule has 0 saturated carbocycles. The lowest BCUT2D eigenvalue weighted by molar-refractivity contribution is 0.773. The summed E-state index contributed by atoms with van der Waals surface area (Å²) in [6.45, 7) is 7.48. The molecule has 0 aliphatic rings. The molecule has 18 heavy (non-hydrogen) atoms. The number of aromatic amines is 1. The van der Waals surface area contributed by atoms with E-state index >= 15 is 0 Å². The van der Waals surface area contributed by atoms with Gasteiger partial charge in [0.15, 0.2) is 0 Å². The van der Waals surface area contributed by atoms with Gasteiger partial charge in [0.05, 0.1) is 6.20 Å². The van der Waals surface area contributed by atoms with Gasteiger partial charge in [0, 0.05) is 24.2 Å². The minimum absolute atomic E-state index is 0.957. The number of aryl methyl sites for hydroxylation is 1. The molecule has 96 valence electrons. The van der Waals surface area contributed by atoms with Crippen molar-refractivity contribution < 1.29 is 0 Å². The molecule has 1 aromatic carbocycles. The summed E-state index contributed by atoms with van der Waals surface area (Å²) in [6.07, 6.45) is 2.90. The zero-order valence-corrected chi connectivity index (χ0v) is 11.6. The van der Waals surface area contributed by atoms with Crippen LogP contribution in [-0.4, -0.2) is 23.8 Å². The third kappa shape index (κ3) is 2.31. The molecule has 3 nitrogen and oxygen atoms in total. The molecule has 0 saturated heterocycles. The molecule has 0 bridgehead atoms. The molecular weight excluding hydrogens is 222 g/mol. The Hall–Kier alpha value is -1.61. The van der Waals surface area contributed by atoms with E-state index in [9.17, 15) is 0 Å². The quantitative estimate of drug-likeness (QED) is 0.867. The molecule has 3 heteroatoms. The number of likely N-dealkylation sites (N-methyl/N-ethyl adjacent to an activating group) is 1. The number of rotatable bonds is 4. The fourth-order valence-corrected chi connectivity index (χ4v) is 2.23. The van der Waals surface area contributed by atoms with Gasteiger partial charge >= 0.3 is 0 Å². The van der Waals surface area contributed by atoms with Crippen LogP contribution in [0.3, 0.4) is 0 Å². The first-order valence-electron chi connectivity index (χ1n) is 6.39. The van der Waals surface area contributed by atoms with E-state index in [-0.39, 0.29) is 0 Å². The second-order valence-electron chi connectivity index (χ2n) is 4.80. The van der Waals surface area contributed by atoms with Crippen LogP contribution < -0.4 is 5.32 Å². The Morgan fingerprint density at radius 1 is 1.11 bits per heavy atom. The number of hydrogen-bond donors (Lipinski definition) is 2. The second-order valence-corrected chi connectivity index (χ2v) is 4.80. The average molecular weight is 243 g/mol. The highest BCUT2D eigenvalue weighted by molar-refractivity contribution is 5.70. The lowest BCUT2D eigenvalue weighted by Crippen LogP contribution is -2.11. The average Bonchev–Trinajstić information content (AvgIpc) is 2.82.